The van der Waals surface area contributed by atoms with Crippen molar-refractivity contribution in [2.45, 2.75) is 25.3 Å². The normalized spacial score (nSPS) is 11.5. The lowest BCUT2D eigenvalue weighted by Crippen LogP contribution is -2.33. The summed E-state index contributed by atoms with van der Waals surface area (Å²) >= 11 is 0. The molecular formula is C30H28N4O4S. The highest BCUT2D eigenvalue weighted by Gasteiger charge is 2.28. The van der Waals surface area contributed by atoms with Crippen LogP contribution in [0.2, 0.25) is 0 Å². The average Bonchev–Trinajstić information content (AvgIpc) is 2.95. The van der Waals surface area contributed by atoms with Crippen LogP contribution in [0.15, 0.2) is 119 Å². The van der Waals surface area contributed by atoms with Crippen LogP contribution in [0.1, 0.15) is 35.3 Å². The van der Waals surface area contributed by atoms with Crippen LogP contribution < -0.4 is 15.0 Å². The van der Waals surface area contributed by atoms with Crippen molar-refractivity contribution >= 4 is 38.9 Å². The second-order valence-electron chi connectivity index (χ2n) is 8.73. The Hall–Kier alpha value is -4.76. The Labute approximate surface area is 228 Å². The molecule has 39 heavy (non-hydrogen) atoms. The molecule has 198 valence electrons. The van der Waals surface area contributed by atoms with E-state index in [1.54, 1.807) is 73.7 Å². The summed E-state index contributed by atoms with van der Waals surface area (Å²) in [6, 6.07) is 30.9. The van der Waals surface area contributed by atoms with Crippen molar-refractivity contribution in [1.29, 1.82) is 0 Å². The van der Waals surface area contributed by atoms with Crippen LogP contribution in [0.4, 0.5) is 11.4 Å². The Morgan fingerprint density at radius 1 is 0.795 bits per heavy atom. The van der Waals surface area contributed by atoms with Crippen LogP contribution >= 0.6 is 0 Å². The lowest BCUT2D eigenvalue weighted by Gasteiger charge is -2.26. The summed E-state index contributed by atoms with van der Waals surface area (Å²) in [7, 11) is -4.01. The standard InChI is InChI=1S/C30H28N4O4S/c1-22(25-14-11-15-26(20-25)31-23(2)35)32-33-30(36)28-18-9-10-19-29(28)34(21-24-12-5-3-6-13-24)39(37,38)27-16-7-4-8-17-27/h3-20H,21H2,1-2H3,(H,31,35)(H,33,36)/b32-22-. The number of anilines is 2. The number of amides is 2. The van der Waals surface area contributed by atoms with E-state index in [0.29, 0.717) is 17.0 Å². The summed E-state index contributed by atoms with van der Waals surface area (Å²) in [5.41, 5.74) is 5.50. The first kappa shape index (κ1) is 27.3. The Kier molecular flexibility index (Phi) is 8.53. The summed E-state index contributed by atoms with van der Waals surface area (Å²) in [5, 5.41) is 6.95. The number of hydrogen-bond donors (Lipinski definition) is 2. The fourth-order valence-electron chi connectivity index (χ4n) is 3.94. The van der Waals surface area contributed by atoms with Crippen LogP contribution in [0, 0.1) is 0 Å². The number of para-hydroxylation sites is 1. The number of hydrazone groups is 1. The van der Waals surface area contributed by atoms with Gasteiger partial charge >= 0.3 is 0 Å². The maximum atomic E-state index is 13.8. The van der Waals surface area contributed by atoms with Crippen molar-refractivity contribution in [2.24, 2.45) is 5.10 Å². The second-order valence-corrected chi connectivity index (χ2v) is 10.6. The minimum atomic E-state index is -4.01. The first-order valence-corrected chi connectivity index (χ1v) is 13.6. The molecule has 4 aromatic rings. The zero-order chi connectivity index (χ0) is 27.8. The van der Waals surface area contributed by atoms with Gasteiger partial charge in [-0.2, -0.15) is 5.10 Å². The molecule has 0 aliphatic heterocycles. The molecule has 0 fully saturated rings. The lowest BCUT2D eigenvalue weighted by atomic mass is 10.1. The van der Waals surface area contributed by atoms with Gasteiger partial charge in [0.1, 0.15) is 0 Å². The highest BCUT2D eigenvalue weighted by Crippen LogP contribution is 2.29. The summed E-state index contributed by atoms with van der Waals surface area (Å²) < 4.78 is 28.9. The highest BCUT2D eigenvalue weighted by molar-refractivity contribution is 7.92. The molecule has 0 aliphatic carbocycles. The molecule has 0 atom stereocenters. The predicted molar refractivity (Wildman–Crippen MR) is 153 cm³/mol. The third-order valence-corrected chi connectivity index (χ3v) is 7.62. The van der Waals surface area contributed by atoms with E-state index in [1.165, 1.54) is 23.4 Å². The zero-order valence-corrected chi connectivity index (χ0v) is 22.4. The fraction of sp³-hybridized carbons (Fsp3) is 0.100. The molecule has 2 amide bonds. The van der Waals surface area contributed by atoms with Gasteiger partial charge in [0.15, 0.2) is 0 Å². The number of hydrogen-bond acceptors (Lipinski definition) is 5. The van der Waals surface area contributed by atoms with Crippen LogP contribution in [0.5, 0.6) is 0 Å². The van der Waals surface area contributed by atoms with Gasteiger partial charge in [0.25, 0.3) is 15.9 Å². The van der Waals surface area contributed by atoms with Crippen LogP contribution in [0.3, 0.4) is 0 Å². The van der Waals surface area contributed by atoms with E-state index in [0.717, 1.165) is 5.56 Å². The third kappa shape index (κ3) is 6.77. The average molecular weight is 541 g/mol. The minimum Gasteiger partial charge on any atom is -0.326 e. The summed E-state index contributed by atoms with van der Waals surface area (Å²) in [6.45, 7) is 3.17. The number of carbonyl (C=O) groups is 2. The molecule has 4 rings (SSSR count). The topological polar surface area (TPSA) is 108 Å². The first-order chi connectivity index (χ1) is 18.8. The number of sulfonamides is 1. The molecule has 8 nitrogen and oxygen atoms in total. The van der Waals surface area contributed by atoms with Crippen molar-refractivity contribution in [3.8, 4) is 0 Å². The van der Waals surface area contributed by atoms with E-state index in [4.69, 9.17) is 0 Å². The smallest absolute Gasteiger partial charge is 0.273 e. The molecule has 0 unspecified atom stereocenters. The maximum Gasteiger partial charge on any atom is 0.273 e. The molecule has 9 heteroatoms. The molecule has 0 heterocycles. The van der Waals surface area contributed by atoms with Gasteiger partial charge in [-0.25, -0.2) is 13.8 Å². The maximum absolute atomic E-state index is 13.8. The van der Waals surface area contributed by atoms with E-state index in [2.05, 4.69) is 15.8 Å². The van der Waals surface area contributed by atoms with Crippen LogP contribution in [-0.2, 0) is 21.4 Å². The largest absolute Gasteiger partial charge is 0.326 e. The van der Waals surface area contributed by atoms with Gasteiger partial charge in [-0.1, -0.05) is 72.8 Å². The Morgan fingerprint density at radius 3 is 2.13 bits per heavy atom. The van der Waals surface area contributed by atoms with Gasteiger partial charge in [-0.05, 0) is 54.4 Å². The number of rotatable bonds is 9. The van der Waals surface area contributed by atoms with E-state index < -0.39 is 15.9 Å². The van der Waals surface area contributed by atoms with Crippen molar-refractivity contribution in [2.75, 3.05) is 9.62 Å². The molecule has 0 spiro atoms. The van der Waals surface area contributed by atoms with Crippen molar-refractivity contribution < 1.29 is 18.0 Å². The lowest BCUT2D eigenvalue weighted by molar-refractivity contribution is -0.114. The molecule has 0 aliphatic rings. The van der Waals surface area contributed by atoms with Gasteiger partial charge in [-0.3, -0.25) is 13.9 Å². The van der Waals surface area contributed by atoms with E-state index in [1.807, 2.05) is 30.3 Å². The van der Waals surface area contributed by atoms with E-state index >= 15 is 0 Å². The van der Waals surface area contributed by atoms with E-state index in [-0.39, 0.29) is 28.6 Å². The van der Waals surface area contributed by atoms with Crippen molar-refractivity contribution in [3.05, 3.63) is 126 Å². The molecule has 0 aromatic heterocycles. The van der Waals surface area contributed by atoms with Crippen molar-refractivity contribution in [1.82, 2.24) is 5.43 Å². The number of nitrogens with one attached hydrogen (secondary N) is 2. The Balaban J connectivity index is 1.68. The highest BCUT2D eigenvalue weighted by atomic mass is 32.2. The van der Waals surface area contributed by atoms with Gasteiger partial charge in [0.05, 0.1) is 28.4 Å². The van der Waals surface area contributed by atoms with Gasteiger partial charge in [-0.15, -0.1) is 0 Å². The summed E-state index contributed by atoms with van der Waals surface area (Å²) in [6.07, 6.45) is 0. The molecule has 0 radical (unpaired) electrons. The molecule has 0 saturated heterocycles. The van der Waals surface area contributed by atoms with Crippen LogP contribution in [-0.4, -0.2) is 25.9 Å². The molecule has 0 bridgehead atoms. The quantitative estimate of drug-likeness (QED) is 0.225. The monoisotopic (exact) mass is 540 g/mol. The van der Waals surface area contributed by atoms with Gasteiger partial charge in [0.2, 0.25) is 5.91 Å². The molecular weight excluding hydrogens is 512 g/mol. The number of benzene rings is 4. The zero-order valence-electron chi connectivity index (χ0n) is 21.5. The third-order valence-electron chi connectivity index (χ3n) is 5.84. The summed E-state index contributed by atoms with van der Waals surface area (Å²) in [4.78, 5) is 24.8. The van der Waals surface area contributed by atoms with Gasteiger partial charge < -0.3 is 5.32 Å². The second kappa shape index (κ2) is 12.2. The number of carbonyl (C=O) groups excluding carboxylic acids is 2. The van der Waals surface area contributed by atoms with Crippen LogP contribution in [0.25, 0.3) is 0 Å². The SMILES string of the molecule is CC(=O)Nc1cccc(/C(C)=N\NC(=O)c2ccccc2N(Cc2ccccc2)S(=O)(=O)c2ccccc2)c1. The van der Waals surface area contributed by atoms with Crippen molar-refractivity contribution in [3.63, 3.8) is 0 Å². The first-order valence-electron chi connectivity index (χ1n) is 12.2. The Morgan fingerprint density at radius 2 is 1.44 bits per heavy atom. The molecule has 0 saturated carbocycles. The fourth-order valence-corrected chi connectivity index (χ4v) is 5.43. The summed E-state index contributed by atoms with van der Waals surface area (Å²) in [5.74, 6) is -0.763. The van der Waals surface area contributed by atoms with Gasteiger partial charge in [0, 0.05) is 12.6 Å². The predicted octanol–water partition coefficient (Wildman–Crippen LogP) is 5.19. The minimum absolute atomic E-state index is 0.0284. The van der Waals surface area contributed by atoms with E-state index in [9.17, 15) is 18.0 Å². The molecule has 2 N–H and O–H groups in total. The number of nitrogens with zero attached hydrogens (tertiary/aromatic N) is 2. The Bertz CT molecular complexity index is 1600. The molecule has 4 aromatic carbocycles.